The topological polar surface area (TPSA) is 79.2 Å². The molecule has 2 aromatic carbocycles. The van der Waals surface area contributed by atoms with Crippen LogP contribution in [0, 0.1) is 17.1 Å². The predicted octanol–water partition coefficient (Wildman–Crippen LogP) is 4.44. The van der Waals surface area contributed by atoms with Crippen LogP contribution in [-0.2, 0) is 19.7 Å². The van der Waals surface area contributed by atoms with Crippen LogP contribution in [0.25, 0.3) is 0 Å². The van der Waals surface area contributed by atoms with Crippen LogP contribution in [0.1, 0.15) is 31.2 Å². The molecule has 0 unspecified atom stereocenters. The summed E-state index contributed by atoms with van der Waals surface area (Å²) in [4.78, 5) is 26.0. The first-order valence-corrected chi connectivity index (χ1v) is 10.4. The second kappa shape index (κ2) is 9.57. The van der Waals surface area contributed by atoms with Crippen molar-refractivity contribution >= 4 is 29.3 Å². The van der Waals surface area contributed by atoms with Crippen molar-refractivity contribution in [1.82, 2.24) is 0 Å². The summed E-state index contributed by atoms with van der Waals surface area (Å²) in [6.45, 7) is -0.452. The molecular formula is C22H21FN2O3S. The number of nitrogens with one attached hydrogen (secondary N) is 1. The highest BCUT2D eigenvalue weighted by Crippen LogP contribution is 2.43. The fourth-order valence-corrected chi connectivity index (χ4v) is 4.34. The van der Waals surface area contributed by atoms with Gasteiger partial charge in [-0.1, -0.05) is 43.2 Å². The smallest absolute Gasteiger partial charge is 0.317 e. The van der Waals surface area contributed by atoms with Crippen molar-refractivity contribution in [1.29, 1.82) is 5.26 Å². The van der Waals surface area contributed by atoms with Gasteiger partial charge in [0.15, 0.2) is 6.61 Å². The van der Waals surface area contributed by atoms with Crippen LogP contribution in [-0.4, -0.2) is 24.2 Å². The third-order valence-electron chi connectivity index (χ3n) is 5.02. The SMILES string of the molecule is N#CCSc1ccccc1NC(=O)COC(=O)C1(c2ccccc2F)CCCC1. The first-order valence-electron chi connectivity index (χ1n) is 9.38. The minimum atomic E-state index is -1.04. The number of carbonyl (C=O) groups is 2. The van der Waals surface area contributed by atoms with Crippen molar-refractivity contribution in [3.05, 3.63) is 59.9 Å². The summed E-state index contributed by atoms with van der Waals surface area (Å²) in [5.41, 5.74) is -0.147. The number of benzene rings is 2. The molecule has 1 saturated carbocycles. The van der Waals surface area contributed by atoms with Crippen LogP contribution >= 0.6 is 11.8 Å². The molecule has 0 atom stereocenters. The second-order valence-electron chi connectivity index (χ2n) is 6.84. The Morgan fingerprint density at radius 3 is 2.55 bits per heavy atom. The minimum Gasteiger partial charge on any atom is -0.455 e. The highest BCUT2D eigenvalue weighted by Gasteiger charge is 2.45. The number of ether oxygens (including phenoxy) is 1. The number of anilines is 1. The molecule has 7 heteroatoms. The van der Waals surface area contributed by atoms with Crippen molar-refractivity contribution < 1.29 is 18.7 Å². The highest BCUT2D eigenvalue weighted by molar-refractivity contribution is 7.99. The van der Waals surface area contributed by atoms with E-state index in [1.165, 1.54) is 17.8 Å². The van der Waals surface area contributed by atoms with Gasteiger partial charge in [-0.15, -0.1) is 11.8 Å². The van der Waals surface area contributed by atoms with Gasteiger partial charge in [-0.05, 0) is 31.0 Å². The summed E-state index contributed by atoms with van der Waals surface area (Å²) in [6, 6.07) is 15.4. The number of carbonyl (C=O) groups excluding carboxylic acids is 2. The number of halogens is 1. The third-order valence-corrected chi connectivity index (χ3v) is 5.97. The lowest BCUT2D eigenvalue weighted by atomic mass is 9.78. The number of nitriles is 1. The fraction of sp³-hybridized carbons (Fsp3) is 0.318. The zero-order valence-corrected chi connectivity index (χ0v) is 16.6. The number of rotatable bonds is 7. The van der Waals surface area contributed by atoms with Crippen LogP contribution in [0.3, 0.4) is 0 Å². The van der Waals surface area contributed by atoms with Gasteiger partial charge in [-0.3, -0.25) is 9.59 Å². The van der Waals surface area contributed by atoms with E-state index in [4.69, 9.17) is 10.00 Å². The monoisotopic (exact) mass is 412 g/mol. The molecule has 1 amide bonds. The average Bonchev–Trinajstić information content (AvgIpc) is 3.22. The molecule has 1 aliphatic rings. The average molecular weight is 412 g/mol. The summed E-state index contributed by atoms with van der Waals surface area (Å²) >= 11 is 1.31. The summed E-state index contributed by atoms with van der Waals surface area (Å²) in [5.74, 6) is -1.22. The van der Waals surface area contributed by atoms with E-state index in [9.17, 15) is 14.0 Å². The Labute approximate surface area is 173 Å². The van der Waals surface area contributed by atoms with E-state index in [0.717, 1.165) is 17.7 Å². The Balaban J connectivity index is 1.66. The maximum absolute atomic E-state index is 14.4. The lowest BCUT2D eigenvalue weighted by molar-refractivity contribution is -0.153. The van der Waals surface area contributed by atoms with Crippen LogP contribution in [0.4, 0.5) is 10.1 Å². The van der Waals surface area contributed by atoms with E-state index < -0.39 is 29.7 Å². The summed E-state index contributed by atoms with van der Waals surface area (Å²) in [7, 11) is 0. The first-order chi connectivity index (χ1) is 14.1. The molecule has 2 aromatic rings. The van der Waals surface area contributed by atoms with Gasteiger partial charge in [-0.2, -0.15) is 5.26 Å². The van der Waals surface area contributed by atoms with Crippen molar-refractivity contribution in [3.8, 4) is 6.07 Å². The van der Waals surface area contributed by atoms with Gasteiger partial charge in [-0.25, -0.2) is 4.39 Å². The van der Waals surface area contributed by atoms with Gasteiger partial charge >= 0.3 is 5.97 Å². The maximum atomic E-state index is 14.4. The molecule has 1 fully saturated rings. The molecule has 5 nitrogen and oxygen atoms in total. The molecule has 29 heavy (non-hydrogen) atoms. The molecule has 0 bridgehead atoms. The first kappa shape index (κ1) is 20.9. The van der Waals surface area contributed by atoms with Gasteiger partial charge in [0, 0.05) is 10.5 Å². The maximum Gasteiger partial charge on any atom is 0.317 e. The molecule has 1 aliphatic carbocycles. The Kier molecular flexibility index (Phi) is 6.89. The highest BCUT2D eigenvalue weighted by atomic mass is 32.2. The Hall–Kier alpha value is -2.85. The molecule has 1 N–H and O–H groups in total. The number of hydrogen-bond acceptors (Lipinski definition) is 5. The number of amides is 1. The molecule has 0 saturated heterocycles. The predicted molar refractivity (Wildman–Crippen MR) is 109 cm³/mol. The molecule has 0 heterocycles. The Bertz CT molecular complexity index is 936. The van der Waals surface area contributed by atoms with Gasteiger partial charge in [0.05, 0.1) is 22.9 Å². The lowest BCUT2D eigenvalue weighted by Crippen LogP contribution is -2.37. The quantitative estimate of drug-likeness (QED) is 0.537. The zero-order chi connectivity index (χ0) is 20.7. The van der Waals surface area contributed by atoms with Gasteiger partial charge in [0.25, 0.3) is 5.91 Å². The van der Waals surface area contributed by atoms with Crippen LogP contribution in [0.15, 0.2) is 53.4 Å². The Morgan fingerprint density at radius 2 is 1.83 bits per heavy atom. The van der Waals surface area contributed by atoms with Gasteiger partial charge in [0.2, 0.25) is 0 Å². The van der Waals surface area contributed by atoms with E-state index in [0.29, 0.717) is 24.1 Å². The summed E-state index contributed by atoms with van der Waals surface area (Å²) in [6.07, 6.45) is 2.61. The van der Waals surface area contributed by atoms with Crippen molar-refractivity contribution in [2.75, 3.05) is 17.7 Å². The number of hydrogen-bond donors (Lipinski definition) is 1. The normalized spacial score (nSPS) is 14.8. The third kappa shape index (κ3) is 4.77. The molecular weight excluding hydrogens is 391 g/mol. The number of nitrogens with zero attached hydrogens (tertiary/aromatic N) is 1. The van der Waals surface area contributed by atoms with Crippen LogP contribution < -0.4 is 5.32 Å². The van der Waals surface area contributed by atoms with Crippen molar-refractivity contribution in [3.63, 3.8) is 0 Å². The molecule has 0 radical (unpaired) electrons. The van der Waals surface area contributed by atoms with E-state index in [2.05, 4.69) is 5.32 Å². The van der Waals surface area contributed by atoms with Crippen molar-refractivity contribution in [2.45, 2.75) is 36.0 Å². The summed E-state index contributed by atoms with van der Waals surface area (Å²) < 4.78 is 19.7. The number of para-hydroxylation sites is 1. The second-order valence-corrected chi connectivity index (χ2v) is 7.85. The van der Waals surface area contributed by atoms with E-state index in [-0.39, 0.29) is 5.75 Å². The molecule has 150 valence electrons. The Morgan fingerprint density at radius 1 is 1.14 bits per heavy atom. The molecule has 0 aliphatic heterocycles. The standard InChI is InChI=1S/C22H21FN2O3S/c23-17-8-2-1-7-16(17)22(11-5-6-12-22)21(27)28-15-20(26)25-18-9-3-4-10-19(18)29-14-13-24/h1-4,7-10H,5-6,11-12,14-15H2,(H,25,26). The van der Waals surface area contributed by atoms with E-state index in [1.807, 2.05) is 12.1 Å². The number of esters is 1. The molecule has 3 rings (SSSR count). The number of thioether (sulfide) groups is 1. The summed E-state index contributed by atoms with van der Waals surface area (Å²) in [5, 5.41) is 11.5. The fourth-order valence-electron chi connectivity index (χ4n) is 3.67. The molecule has 0 aromatic heterocycles. The van der Waals surface area contributed by atoms with Crippen LogP contribution in [0.2, 0.25) is 0 Å². The van der Waals surface area contributed by atoms with Crippen molar-refractivity contribution in [2.24, 2.45) is 0 Å². The largest absolute Gasteiger partial charge is 0.455 e. The van der Waals surface area contributed by atoms with E-state index >= 15 is 0 Å². The van der Waals surface area contributed by atoms with Gasteiger partial charge < -0.3 is 10.1 Å². The molecule has 0 spiro atoms. The van der Waals surface area contributed by atoms with Crippen LogP contribution in [0.5, 0.6) is 0 Å². The minimum absolute atomic E-state index is 0.257. The van der Waals surface area contributed by atoms with Gasteiger partial charge in [0.1, 0.15) is 5.82 Å². The lowest BCUT2D eigenvalue weighted by Gasteiger charge is -2.27. The zero-order valence-electron chi connectivity index (χ0n) is 15.8. The van der Waals surface area contributed by atoms with E-state index in [1.54, 1.807) is 36.4 Å².